The van der Waals surface area contributed by atoms with Crippen molar-refractivity contribution in [2.75, 3.05) is 19.0 Å². The van der Waals surface area contributed by atoms with Gasteiger partial charge in [-0.3, -0.25) is 9.48 Å². The molecule has 0 atom stereocenters. The third-order valence-corrected chi connectivity index (χ3v) is 4.73. The normalized spacial score (nSPS) is 10.7. The Morgan fingerprint density at radius 2 is 2.10 bits per heavy atom. The molecule has 0 aliphatic carbocycles. The summed E-state index contributed by atoms with van der Waals surface area (Å²) >= 11 is 0. The topological polar surface area (TPSA) is 110 Å². The van der Waals surface area contributed by atoms with Gasteiger partial charge in [-0.15, -0.1) is 0 Å². The summed E-state index contributed by atoms with van der Waals surface area (Å²) in [6.45, 7) is 4.64. The number of nitrogens with zero attached hydrogens (tertiary/aromatic N) is 6. The number of amides is 1. The summed E-state index contributed by atoms with van der Waals surface area (Å²) in [5, 5.41) is 20.9. The molecule has 0 saturated heterocycles. The second kappa shape index (κ2) is 8.61. The van der Waals surface area contributed by atoms with Crippen molar-refractivity contribution in [3.05, 3.63) is 67.4 Å². The number of ether oxygens (including phenoxy) is 1. The van der Waals surface area contributed by atoms with Gasteiger partial charge in [-0.2, -0.15) is 15.5 Å². The first-order valence-corrected chi connectivity index (χ1v) is 9.46. The molecule has 0 aliphatic heterocycles. The molecular weight excluding hydrogens is 394 g/mol. The molecule has 0 aromatic carbocycles. The zero-order chi connectivity index (χ0) is 21.8. The molecule has 31 heavy (non-hydrogen) atoms. The lowest BCUT2D eigenvalue weighted by Gasteiger charge is -2.09. The third kappa shape index (κ3) is 4.05. The molecule has 9 nitrogen and oxygen atoms in total. The molecule has 4 aromatic heterocycles. The van der Waals surface area contributed by atoms with E-state index in [0.29, 0.717) is 30.0 Å². The van der Waals surface area contributed by atoms with Crippen LogP contribution in [0, 0.1) is 11.3 Å². The van der Waals surface area contributed by atoms with Crippen molar-refractivity contribution in [3.63, 3.8) is 0 Å². The number of aromatic nitrogens is 5. The van der Waals surface area contributed by atoms with Gasteiger partial charge >= 0.3 is 0 Å². The van der Waals surface area contributed by atoms with Crippen LogP contribution in [0.3, 0.4) is 0 Å². The van der Waals surface area contributed by atoms with Crippen LogP contribution < -0.4 is 5.32 Å². The highest BCUT2D eigenvalue weighted by Gasteiger charge is 2.15. The Morgan fingerprint density at radius 1 is 1.23 bits per heavy atom. The summed E-state index contributed by atoms with van der Waals surface area (Å²) in [5.74, 6) is 0.0759. The van der Waals surface area contributed by atoms with E-state index in [0.717, 1.165) is 22.3 Å². The molecule has 0 bridgehead atoms. The summed E-state index contributed by atoms with van der Waals surface area (Å²) < 4.78 is 8.60. The number of nitriles is 1. The Kier molecular flexibility index (Phi) is 5.55. The fourth-order valence-electron chi connectivity index (χ4n) is 3.21. The van der Waals surface area contributed by atoms with Crippen LogP contribution in [0.1, 0.15) is 5.56 Å². The number of nitrogens with one attached hydrogen (secondary N) is 1. The molecule has 154 valence electrons. The van der Waals surface area contributed by atoms with Gasteiger partial charge in [0.05, 0.1) is 36.6 Å². The molecule has 0 saturated carbocycles. The summed E-state index contributed by atoms with van der Waals surface area (Å²) in [5.41, 5.74) is 4.53. The molecule has 4 aromatic rings. The number of carbonyl (C=O) groups excluding carboxylic acids is 1. The maximum absolute atomic E-state index is 11.5. The van der Waals surface area contributed by atoms with Crippen molar-refractivity contribution in [1.29, 1.82) is 5.26 Å². The van der Waals surface area contributed by atoms with Gasteiger partial charge in [-0.25, -0.2) is 9.50 Å². The molecule has 1 N–H and O–H groups in total. The predicted molar refractivity (Wildman–Crippen MR) is 115 cm³/mol. The number of hydrogen-bond acceptors (Lipinski definition) is 6. The average Bonchev–Trinajstić information content (AvgIpc) is 3.44. The second-order valence-corrected chi connectivity index (χ2v) is 6.72. The average molecular weight is 413 g/mol. The van der Waals surface area contributed by atoms with Crippen LogP contribution in [0.2, 0.25) is 0 Å². The number of anilines is 1. The van der Waals surface area contributed by atoms with E-state index in [1.165, 1.54) is 12.3 Å². The van der Waals surface area contributed by atoms with Gasteiger partial charge in [0.2, 0.25) is 5.91 Å². The van der Waals surface area contributed by atoms with Crippen LogP contribution in [0.25, 0.3) is 27.8 Å². The second-order valence-electron chi connectivity index (χ2n) is 6.72. The number of hydrogen-bond donors (Lipinski definition) is 1. The number of carbonyl (C=O) groups is 1. The van der Waals surface area contributed by atoms with Crippen molar-refractivity contribution in [3.8, 4) is 28.3 Å². The van der Waals surface area contributed by atoms with E-state index in [9.17, 15) is 10.1 Å². The van der Waals surface area contributed by atoms with Crippen LogP contribution in [-0.2, 0) is 16.1 Å². The molecule has 4 rings (SSSR count). The van der Waals surface area contributed by atoms with E-state index in [4.69, 9.17) is 4.74 Å². The Balaban J connectivity index is 1.79. The largest absolute Gasteiger partial charge is 0.383 e. The van der Waals surface area contributed by atoms with Gasteiger partial charge in [0.15, 0.2) is 0 Å². The van der Waals surface area contributed by atoms with Gasteiger partial charge in [0.25, 0.3) is 0 Å². The number of pyridine rings is 2. The molecule has 1 amide bonds. The van der Waals surface area contributed by atoms with E-state index in [-0.39, 0.29) is 5.91 Å². The fraction of sp³-hybridized carbons (Fsp3) is 0.136. The quantitative estimate of drug-likeness (QED) is 0.467. The first-order valence-electron chi connectivity index (χ1n) is 9.46. The van der Waals surface area contributed by atoms with Gasteiger partial charge in [-0.1, -0.05) is 6.58 Å². The van der Waals surface area contributed by atoms with Gasteiger partial charge in [-0.05, 0) is 24.3 Å². The summed E-state index contributed by atoms with van der Waals surface area (Å²) in [6.07, 6.45) is 9.95. The van der Waals surface area contributed by atoms with Crippen molar-refractivity contribution < 1.29 is 9.53 Å². The van der Waals surface area contributed by atoms with Gasteiger partial charge in [0.1, 0.15) is 11.9 Å². The van der Waals surface area contributed by atoms with Crippen LogP contribution >= 0.6 is 0 Å². The molecule has 4 heterocycles. The summed E-state index contributed by atoms with van der Waals surface area (Å²) in [4.78, 5) is 15.8. The minimum atomic E-state index is -0.335. The van der Waals surface area contributed by atoms with Crippen molar-refractivity contribution >= 4 is 17.2 Å². The molecular formula is C22H19N7O2. The van der Waals surface area contributed by atoms with E-state index in [1.54, 1.807) is 30.1 Å². The van der Waals surface area contributed by atoms with Gasteiger partial charge in [0, 0.05) is 48.0 Å². The monoisotopic (exact) mass is 413 g/mol. The minimum absolute atomic E-state index is 0.335. The SMILES string of the molecule is C=CC(=O)Nc1ccc(-c2cc(-c3cnn(CCOC)c3)cn3ncc(C#N)c23)cn1. The van der Waals surface area contributed by atoms with E-state index >= 15 is 0 Å². The number of fused-ring (bicyclic) bond motifs is 1. The number of rotatable bonds is 7. The Bertz CT molecular complexity index is 1300. The fourth-order valence-corrected chi connectivity index (χ4v) is 3.21. The minimum Gasteiger partial charge on any atom is -0.383 e. The molecule has 0 aliphatic rings. The molecule has 0 radical (unpaired) electrons. The number of methoxy groups -OCH3 is 1. The van der Waals surface area contributed by atoms with Crippen LogP contribution in [0.5, 0.6) is 0 Å². The molecule has 9 heteroatoms. The third-order valence-electron chi connectivity index (χ3n) is 4.73. The lowest BCUT2D eigenvalue weighted by molar-refractivity contribution is -0.111. The highest BCUT2D eigenvalue weighted by molar-refractivity contribution is 5.98. The zero-order valence-electron chi connectivity index (χ0n) is 16.8. The van der Waals surface area contributed by atoms with Crippen molar-refractivity contribution in [1.82, 2.24) is 24.4 Å². The first kappa shape index (κ1) is 20.0. The smallest absolute Gasteiger partial charge is 0.248 e. The van der Waals surface area contributed by atoms with Crippen LogP contribution in [-0.4, -0.2) is 44.0 Å². The maximum atomic E-state index is 11.5. The van der Waals surface area contributed by atoms with Crippen LogP contribution in [0.4, 0.5) is 5.82 Å². The predicted octanol–water partition coefficient (Wildman–Crippen LogP) is 2.90. The summed E-state index contributed by atoms with van der Waals surface area (Å²) in [7, 11) is 1.65. The standard InChI is InChI=1S/C22H19N7O2/c1-3-21(30)27-20-5-4-15(10-24-20)19-8-16(14-29-22(19)17(9-23)11-26-29)18-12-25-28(13-18)6-7-31-2/h3-5,8,10-14H,1,6-7H2,2H3,(H,24,27,30). The van der Waals surface area contributed by atoms with E-state index < -0.39 is 0 Å². The van der Waals surface area contributed by atoms with Crippen molar-refractivity contribution in [2.24, 2.45) is 0 Å². The van der Waals surface area contributed by atoms with Crippen molar-refractivity contribution in [2.45, 2.75) is 6.54 Å². The lowest BCUT2D eigenvalue weighted by atomic mass is 10.0. The van der Waals surface area contributed by atoms with E-state index in [2.05, 4.69) is 33.1 Å². The van der Waals surface area contributed by atoms with Gasteiger partial charge < -0.3 is 10.1 Å². The van der Waals surface area contributed by atoms with E-state index in [1.807, 2.05) is 29.2 Å². The first-order chi connectivity index (χ1) is 15.1. The molecule has 0 spiro atoms. The molecule has 0 unspecified atom stereocenters. The maximum Gasteiger partial charge on any atom is 0.248 e. The zero-order valence-corrected chi connectivity index (χ0v) is 16.8. The Labute approximate surface area is 178 Å². The highest BCUT2D eigenvalue weighted by atomic mass is 16.5. The van der Waals surface area contributed by atoms with Crippen LogP contribution in [0.15, 0.2) is 61.8 Å². The Hall–Kier alpha value is -4.29. The highest BCUT2D eigenvalue weighted by Crippen LogP contribution is 2.32. The Morgan fingerprint density at radius 3 is 2.81 bits per heavy atom. The lowest BCUT2D eigenvalue weighted by Crippen LogP contribution is -2.08. The molecule has 0 fully saturated rings. The summed E-state index contributed by atoms with van der Waals surface area (Å²) in [6, 6.07) is 7.70.